The van der Waals surface area contributed by atoms with Gasteiger partial charge in [0.1, 0.15) is 0 Å². The summed E-state index contributed by atoms with van der Waals surface area (Å²) in [6, 6.07) is 7.93. The number of rotatable bonds is 1. The number of morpholine rings is 1. The van der Waals surface area contributed by atoms with Crippen LogP contribution in [0, 0.1) is 0 Å². The second kappa shape index (κ2) is 5.61. The molecule has 1 aliphatic heterocycles. The van der Waals surface area contributed by atoms with Gasteiger partial charge in [-0.15, -0.1) is 0 Å². The van der Waals surface area contributed by atoms with Crippen molar-refractivity contribution in [3.8, 4) is 0 Å². The lowest BCUT2D eigenvalue weighted by molar-refractivity contribution is 0.0564. The molecule has 2 rings (SSSR count). The summed E-state index contributed by atoms with van der Waals surface area (Å²) in [5, 5.41) is 3.02. The van der Waals surface area contributed by atoms with Gasteiger partial charge in [-0.25, -0.2) is 4.79 Å². The summed E-state index contributed by atoms with van der Waals surface area (Å²) in [7, 11) is 0. The van der Waals surface area contributed by atoms with Crippen LogP contribution in [0.5, 0.6) is 0 Å². The molecule has 2 amide bonds. The molecule has 0 atom stereocenters. The molecule has 0 unspecified atom stereocenters. The molecule has 1 saturated heterocycles. The summed E-state index contributed by atoms with van der Waals surface area (Å²) in [5.74, 6) is 0. The first-order chi connectivity index (χ1) is 8.98. The van der Waals surface area contributed by atoms with Crippen LogP contribution < -0.4 is 5.32 Å². The van der Waals surface area contributed by atoms with Gasteiger partial charge < -0.3 is 15.0 Å². The second-order valence-corrected chi connectivity index (χ2v) is 5.83. The standard InChI is InChI=1S/C15H22N2O2/c1-15(2,3)12-6-4-5-7-13(12)16-14(18)17-8-10-19-11-9-17/h4-7H,8-11H2,1-3H3,(H,16,18). The third kappa shape index (κ3) is 3.47. The fraction of sp³-hybridized carbons (Fsp3) is 0.533. The summed E-state index contributed by atoms with van der Waals surface area (Å²) in [6.45, 7) is 8.99. The molecule has 0 spiro atoms. The minimum atomic E-state index is -0.0417. The van der Waals surface area contributed by atoms with Crippen LogP contribution in [0.3, 0.4) is 0 Å². The van der Waals surface area contributed by atoms with Gasteiger partial charge in [0, 0.05) is 18.8 Å². The first-order valence-electron chi connectivity index (χ1n) is 6.71. The van der Waals surface area contributed by atoms with E-state index in [-0.39, 0.29) is 11.4 Å². The van der Waals surface area contributed by atoms with Crippen molar-refractivity contribution in [2.24, 2.45) is 0 Å². The van der Waals surface area contributed by atoms with Crippen LogP contribution in [0.25, 0.3) is 0 Å². The van der Waals surface area contributed by atoms with Crippen molar-refractivity contribution in [2.75, 3.05) is 31.6 Å². The number of amides is 2. The van der Waals surface area contributed by atoms with Crippen molar-refractivity contribution in [1.82, 2.24) is 4.90 Å². The Morgan fingerprint density at radius 2 is 1.84 bits per heavy atom. The van der Waals surface area contributed by atoms with E-state index in [1.165, 1.54) is 0 Å². The highest BCUT2D eigenvalue weighted by Crippen LogP contribution is 2.29. The smallest absolute Gasteiger partial charge is 0.322 e. The molecule has 1 aromatic carbocycles. The minimum absolute atomic E-state index is 0.00881. The third-order valence-electron chi connectivity index (χ3n) is 3.27. The Labute approximate surface area is 114 Å². The van der Waals surface area contributed by atoms with Crippen LogP contribution in [0.2, 0.25) is 0 Å². The Hall–Kier alpha value is -1.55. The summed E-state index contributed by atoms with van der Waals surface area (Å²) >= 11 is 0. The predicted molar refractivity (Wildman–Crippen MR) is 76.6 cm³/mol. The normalized spacial score (nSPS) is 16.3. The van der Waals surface area contributed by atoms with Crippen molar-refractivity contribution in [2.45, 2.75) is 26.2 Å². The molecule has 0 radical (unpaired) electrons. The van der Waals surface area contributed by atoms with Crippen LogP contribution in [0.15, 0.2) is 24.3 Å². The van der Waals surface area contributed by atoms with Gasteiger partial charge in [0.05, 0.1) is 13.2 Å². The molecule has 104 valence electrons. The molecule has 0 saturated carbocycles. The van der Waals surface area contributed by atoms with E-state index in [4.69, 9.17) is 4.74 Å². The van der Waals surface area contributed by atoms with E-state index < -0.39 is 0 Å². The molecule has 0 aliphatic carbocycles. The summed E-state index contributed by atoms with van der Waals surface area (Å²) in [6.07, 6.45) is 0. The molecule has 1 fully saturated rings. The van der Waals surface area contributed by atoms with E-state index in [2.05, 4.69) is 32.2 Å². The number of nitrogens with one attached hydrogen (secondary N) is 1. The highest BCUT2D eigenvalue weighted by Gasteiger charge is 2.21. The van der Waals surface area contributed by atoms with Crippen molar-refractivity contribution in [3.63, 3.8) is 0 Å². The molecule has 0 bridgehead atoms. The van der Waals surface area contributed by atoms with Crippen molar-refractivity contribution >= 4 is 11.7 Å². The maximum Gasteiger partial charge on any atom is 0.322 e. The van der Waals surface area contributed by atoms with Gasteiger partial charge in [0.2, 0.25) is 0 Å². The van der Waals surface area contributed by atoms with Crippen molar-refractivity contribution in [1.29, 1.82) is 0 Å². The van der Waals surface area contributed by atoms with Gasteiger partial charge in [0.25, 0.3) is 0 Å². The fourth-order valence-corrected chi connectivity index (χ4v) is 2.21. The van der Waals surface area contributed by atoms with Gasteiger partial charge >= 0.3 is 6.03 Å². The average molecular weight is 262 g/mol. The zero-order valence-corrected chi connectivity index (χ0v) is 11.9. The number of carbonyl (C=O) groups excluding carboxylic acids is 1. The molecule has 0 aromatic heterocycles. The average Bonchev–Trinajstić information content (AvgIpc) is 2.39. The SMILES string of the molecule is CC(C)(C)c1ccccc1NC(=O)N1CCOCC1. The van der Waals surface area contributed by atoms with Crippen LogP contribution >= 0.6 is 0 Å². The quantitative estimate of drug-likeness (QED) is 0.845. The number of hydrogen-bond donors (Lipinski definition) is 1. The zero-order valence-electron chi connectivity index (χ0n) is 11.9. The number of hydrogen-bond acceptors (Lipinski definition) is 2. The van der Waals surface area contributed by atoms with Crippen LogP contribution in [0.4, 0.5) is 10.5 Å². The maximum absolute atomic E-state index is 12.2. The second-order valence-electron chi connectivity index (χ2n) is 5.83. The zero-order chi connectivity index (χ0) is 13.9. The Balaban J connectivity index is 2.12. The van der Waals surface area contributed by atoms with Crippen LogP contribution in [-0.4, -0.2) is 37.2 Å². The number of anilines is 1. The highest BCUT2D eigenvalue weighted by atomic mass is 16.5. The van der Waals surface area contributed by atoms with Gasteiger partial charge in [0.15, 0.2) is 0 Å². The Morgan fingerprint density at radius 3 is 2.47 bits per heavy atom. The van der Waals surface area contributed by atoms with Crippen LogP contribution in [-0.2, 0) is 10.2 Å². The van der Waals surface area contributed by atoms with E-state index >= 15 is 0 Å². The van der Waals surface area contributed by atoms with Crippen molar-refractivity contribution in [3.05, 3.63) is 29.8 Å². The highest BCUT2D eigenvalue weighted by molar-refractivity contribution is 5.90. The predicted octanol–water partition coefficient (Wildman–Crippen LogP) is 2.85. The number of carbonyl (C=O) groups is 1. The van der Waals surface area contributed by atoms with Gasteiger partial charge in [-0.3, -0.25) is 0 Å². The Kier molecular flexibility index (Phi) is 4.10. The molecule has 1 heterocycles. The lowest BCUT2D eigenvalue weighted by atomic mass is 9.86. The molecule has 1 aromatic rings. The topological polar surface area (TPSA) is 41.6 Å². The van der Waals surface area contributed by atoms with Gasteiger partial charge in [-0.2, -0.15) is 0 Å². The Bertz CT molecular complexity index is 446. The molecule has 1 N–H and O–H groups in total. The number of urea groups is 1. The first kappa shape index (κ1) is 13.9. The molecule has 4 nitrogen and oxygen atoms in total. The first-order valence-corrected chi connectivity index (χ1v) is 6.71. The molecular formula is C15H22N2O2. The number of ether oxygens (including phenoxy) is 1. The molecule has 4 heteroatoms. The van der Waals surface area contributed by atoms with E-state index in [1.54, 1.807) is 4.90 Å². The fourth-order valence-electron chi connectivity index (χ4n) is 2.21. The van der Waals surface area contributed by atoms with E-state index in [0.717, 1.165) is 11.3 Å². The molecule has 1 aliphatic rings. The molecule has 19 heavy (non-hydrogen) atoms. The molecular weight excluding hydrogens is 240 g/mol. The number of nitrogens with zero attached hydrogens (tertiary/aromatic N) is 1. The van der Waals surface area contributed by atoms with E-state index in [1.807, 2.05) is 18.2 Å². The van der Waals surface area contributed by atoms with Gasteiger partial charge in [-0.1, -0.05) is 39.0 Å². The van der Waals surface area contributed by atoms with E-state index in [0.29, 0.717) is 26.3 Å². The maximum atomic E-state index is 12.2. The van der Waals surface area contributed by atoms with E-state index in [9.17, 15) is 4.79 Å². The number of para-hydroxylation sites is 1. The largest absolute Gasteiger partial charge is 0.378 e. The summed E-state index contributed by atoms with van der Waals surface area (Å²) < 4.78 is 5.26. The number of benzene rings is 1. The lowest BCUT2D eigenvalue weighted by Gasteiger charge is -2.29. The lowest BCUT2D eigenvalue weighted by Crippen LogP contribution is -2.43. The summed E-state index contributed by atoms with van der Waals surface area (Å²) in [4.78, 5) is 14.0. The monoisotopic (exact) mass is 262 g/mol. The van der Waals surface area contributed by atoms with Crippen LogP contribution in [0.1, 0.15) is 26.3 Å². The Morgan fingerprint density at radius 1 is 1.21 bits per heavy atom. The third-order valence-corrected chi connectivity index (χ3v) is 3.27. The van der Waals surface area contributed by atoms with Gasteiger partial charge in [-0.05, 0) is 17.0 Å². The minimum Gasteiger partial charge on any atom is -0.378 e. The summed E-state index contributed by atoms with van der Waals surface area (Å²) in [5.41, 5.74) is 2.05. The van der Waals surface area contributed by atoms with Crippen molar-refractivity contribution < 1.29 is 9.53 Å².